The molecular weight excluding hydrogens is 292 g/mol. The van der Waals surface area contributed by atoms with Crippen LogP contribution in [0.2, 0.25) is 0 Å². The van der Waals surface area contributed by atoms with Crippen molar-refractivity contribution in [2.75, 3.05) is 0 Å². The first-order valence-electron chi connectivity index (χ1n) is 7.51. The van der Waals surface area contributed by atoms with Gasteiger partial charge in [0.15, 0.2) is 0 Å². The first-order chi connectivity index (χ1) is 10.5. The molecule has 0 aliphatic heterocycles. The van der Waals surface area contributed by atoms with Crippen LogP contribution in [0.5, 0.6) is 0 Å². The van der Waals surface area contributed by atoms with E-state index in [-0.39, 0.29) is 5.56 Å². The highest BCUT2D eigenvalue weighted by molar-refractivity contribution is 7.17. The molecule has 0 saturated carbocycles. The SMILES string of the molecule is Cc1ccc(-c2csc3ncn(CC(C)C)c(=O)c23)c(C)c1. The van der Waals surface area contributed by atoms with Gasteiger partial charge in [-0.25, -0.2) is 4.98 Å². The quantitative estimate of drug-likeness (QED) is 0.718. The van der Waals surface area contributed by atoms with Crippen molar-refractivity contribution in [2.24, 2.45) is 5.92 Å². The number of nitrogens with zero attached hydrogens (tertiary/aromatic N) is 2. The second kappa shape index (κ2) is 5.69. The lowest BCUT2D eigenvalue weighted by molar-refractivity contribution is 0.508. The lowest BCUT2D eigenvalue weighted by atomic mass is 9.99. The van der Waals surface area contributed by atoms with Crippen molar-refractivity contribution < 1.29 is 0 Å². The Kier molecular flexibility index (Phi) is 3.87. The van der Waals surface area contributed by atoms with E-state index in [1.165, 1.54) is 22.5 Å². The fraction of sp³-hybridized carbons (Fsp3) is 0.333. The zero-order valence-corrected chi connectivity index (χ0v) is 14.2. The number of rotatable bonds is 3. The Bertz CT molecular complexity index is 890. The smallest absolute Gasteiger partial charge is 0.262 e. The Hall–Kier alpha value is -1.94. The second-order valence-corrected chi connectivity index (χ2v) is 7.10. The third-order valence-corrected chi connectivity index (χ3v) is 4.68. The number of aryl methyl sites for hydroxylation is 2. The van der Waals surface area contributed by atoms with Crippen LogP contribution in [0.4, 0.5) is 0 Å². The number of benzene rings is 1. The van der Waals surface area contributed by atoms with Crippen molar-refractivity contribution in [3.05, 3.63) is 51.4 Å². The van der Waals surface area contributed by atoms with Gasteiger partial charge in [-0.15, -0.1) is 11.3 Å². The maximum absolute atomic E-state index is 12.8. The summed E-state index contributed by atoms with van der Waals surface area (Å²) in [4.78, 5) is 18.1. The molecule has 3 rings (SSSR count). The van der Waals surface area contributed by atoms with E-state index in [9.17, 15) is 4.79 Å². The van der Waals surface area contributed by atoms with E-state index >= 15 is 0 Å². The zero-order valence-electron chi connectivity index (χ0n) is 13.4. The maximum atomic E-state index is 12.8. The number of aromatic nitrogens is 2. The van der Waals surface area contributed by atoms with Gasteiger partial charge in [-0.2, -0.15) is 0 Å². The molecule has 2 aromatic heterocycles. The van der Waals surface area contributed by atoms with Crippen LogP contribution in [-0.4, -0.2) is 9.55 Å². The van der Waals surface area contributed by atoms with Gasteiger partial charge in [0, 0.05) is 17.5 Å². The van der Waals surface area contributed by atoms with Crippen LogP contribution in [0.3, 0.4) is 0 Å². The molecule has 1 aromatic carbocycles. The van der Waals surface area contributed by atoms with Crippen LogP contribution in [0, 0.1) is 19.8 Å². The summed E-state index contributed by atoms with van der Waals surface area (Å²) in [6, 6.07) is 6.35. The molecule has 0 aliphatic rings. The van der Waals surface area contributed by atoms with Crippen LogP contribution in [0.25, 0.3) is 21.3 Å². The molecule has 0 aliphatic carbocycles. The van der Waals surface area contributed by atoms with Crippen LogP contribution >= 0.6 is 11.3 Å². The molecule has 0 bridgehead atoms. The standard InChI is InChI=1S/C18H20N2OS/c1-11(2)8-20-10-19-17-16(18(20)21)15(9-22-17)14-6-5-12(3)7-13(14)4/h5-7,9-11H,8H2,1-4H3. The molecular formula is C18H20N2OS. The number of fused-ring (bicyclic) bond motifs is 1. The van der Waals surface area contributed by atoms with Gasteiger partial charge in [0.05, 0.1) is 11.7 Å². The molecule has 114 valence electrons. The predicted octanol–water partition coefficient (Wildman–Crippen LogP) is 4.40. The van der Waals surface area contributed by atoms with Gasteiger partial charge in [0.1, 0.15) is 4.83 Å². The van der Waals surface area contributed by atoms with Gasteiger partial charge in [0.2, 0.25) is 0 Å². The Morgan fingerprint density at radius 2 is 2.00 bits per heavy atom. The summed E-state index contributed by atoms with van der Waals surface area (Å²) < 4.78 is 1.73. The third-order valence-electron chi connectivity index (χ3n) is 3.79. The molecule has 0 atom stereocenters. The van der Waals surface area contributed by atoms with Gasteiger partial charge in [0.25, 0.3) is 5.56 Å². The van der Waals surface area contributed by atoms with Crippen molar-refractivity contribution in [3.8, 4) is 11.1 Å². The maximum Gasteiger partial charge on any atom is 0.262 e. The van der Waals surface area contributed by atoms with Gasteiger partial charge in [-0.1, -0.05) is 37.6 Å². The van der Waals surface area contributed by atoms with Crippen molar-refractivity contribution in [1.82, 2.24) is 9.55 Å². The highest BCUT2D eigenvalue weighted by atomic mass is 32.1. The molecule has 0 N–H and O–H groups in total. The first kappa shape index (κ1) is 15.0. The summed E-state index contributed by atoms with van der Waals surface area (Å²) in [5.74, 6) is 0.417. The molecule has 0 unspecified atom stereocenters. The van der Waals surface area contributed by atoms with Crippen LogP contribution < -0.4 is 5.56 Å². The van der Waals surface area contributed by atoms with Crippen LogP contribution in [0.15, 0.2) is 34.7 Å². The molecule has 22 heavy (non-hydrogen) atoms. The molecule has 0 radical (unpaired) electrons. The van der Waals surface area contributed by atoms with Gasteiger partial charge >= 0.3 is 0 Å². The van der Waals surface area contributed by atoms with Gasteiger partial charge < -0.3 is 0 Å². The fourth-order valence-electron chi connectivity index (χ4n) is 2.81. The fourth-order valence-corrected chi connectivity index (χ4v) is 3.70. The Morgan fingerprint density at radius 1 is 1.23 bits per heavy atom. The average Bonchev–Trinajstić information content (AvgIpc) is 2.86. The number of hydrogen-bond acceptors (Lipinski definition) is 3. The molecule has 0 saturated heterocycles. The van der Waals surface area contributed by atoms with Gasteiger partial charge in [-0.3, -0.25) is 9.36 Å². The topological polar surface area (TPSA) is 34.9 Å². The second-order valence-electron chi connectivity index (χ2n) is 6.24. The first-order valence-corrected chi connectivity index (χ1v) is 8.39. The minimum absolute atomic E-state index is 0.0647. The zero-order chi connectivity index (χ0) is 15.9. The van der Waals surface area contributed by atoms with E-state index in [0.29, 0.717) is 12.5 Å². The van der Waals surface area contributed by atoms with Crippen molar-refractivity contribution in [2.45, 2.75) is 34.2 Å². The largest absolute Gasteiger partial charge is 0.298 e. The predicted molar refractivity (Wildman–Crippen MR) is 93.6 cm³/mol. The molecule has 0 spiro atoms. The van der Waals surface area contributed by atoms with Gasteiger partial charge in [-0.05, 0) is 30.9 Å². The van der Waals surface area contributed by atoms with E-state index in [1.54, 1.807) is 10.9 Å². The molecule has 4 heteroatoms. The van der Waals surface area contributed by atoms with Crippen molar-refractivity contribution in [1.29, 1.82) is 0 Å². The average molecular weight is 312 g/mol. The summed E-state index contributed by atoms with van der Waals surface area (Å²) in [6.45, 7) is 9.09. The van der Waals surface area contributed by atoms with E-state index in [1.807, 2.05) is 0 Å². The van der Waals surface area contributed by atoms with Crippen LogP contribution in [0.1, 0.15) is 25.0 Å². The van der Waals surface area contributed by atoms with E-state index in [2.05, 4.69) is 56.3 Å². The summed E-state index contributed by atoms with van der Waals surface area (Å²) in [7, 11) is 0. The molecule has 0 fully saturated rings. The lowest BCUT2D eigenvalue weighted by Crippen LogP contribution is -2.22. The summed E-state index contributed by atoms with van der Waals surface area (Å²) in [6.07, 6.45) is 1.67. The van der Waals surface area contributed by atoms with E-state index in [0.717, 1.165) is 21.3 Å². The highest BCUT2D eigenvalue weighted by Gasteiger charge is 2.15. The summed E-state index contributed by atoms with van der Waals surface area (Å²) >= 11 is 1.54. The summed E-state index contributed by atoms with van der Waals surface area (Å²) in [5, 5.41) is 2.80. The van der Waals surface area contributed by atoms with E-state index in [4.69, 9.17) is 0 Å². The minimum Gasteiger partial charge on any atom is -0.298 e. The van der Waals surface area contributed by atoms with Crippen molar-refractivity contribution >= 4 is 21.6 Å². The van der Waals surface area contributed by atoms with E-state index < -0.39 is 0 Å². The Morgan fingerprint density at radius 3 is 2.68 bits per heavy atom. The minimum atomic E-state index is 0.0647. The normalized spacial score (nSPS) is 11.5. The number of hydrogen-bond donors (Lipinski definition) is 0. The summed E-state index contributed by atoms with van der Waals surface area (Å²) in [5.41, 5.74) is 4.62. The highest BCUT2D eigenvalue weighted by Crippen LogP contribution is 2.32. The molecule has 3 aromatic rings. The molecule has 2 heterocycles. The monoisotopic (exact) mass is 312 g/mol. The molecule has 3 nitrogen and oxygen atoms in total. The Balaban J connectivity index is 2.25. The Labute approximate surface area is 134 Å². The van der Waals surface area contributed by atoms with Crippen LogP contribution in [-0.2, 0) is 6.54 Å². The van der Waals surface area contributed by atoms with Crippen molar-refractivity contribution in [3.63, 3.8) is 0 Å². The third kappa shape index (κ3) is 2.59. The number of thiophene rings is 1. The molecule has 0 amide bonds. The lowest BCUT2D eigenvalue weighted by Gasteiger charge is -2.09.